The first-order valence-electron chi connectivity index (χ1n) is 16.6. The van der Waals surface area contributed by atoms with Crippen LogP contribution in [-0.4, -0.2) is 47.4 Å². The Labute approximate surface area is 295 Å². The predicted molar refractivity (Wildman–Crippen MR) is 190 cm³/mol. The van der Waals surface area contributed by atoms with Crippen LogP contribution in [0.25, 0.3) is 11.1 Å². The van der Waals surface area contributed by atoms with E-state index in [9.17, 15) is 4.79 Å². The van der Waals surface area contributed by atoms with Gasteiger partial charge in [0.05, 0.1) is 32.0 Å². The predicted octanol–water partition coefficient (Wildman–Crippen LogP) is 8.26. The van der Waals surface area contributed by atoms with E-state index < -0.39 is 35.8 Å². The van der Waals surface area contributed by atoms with Gasteiger partial charge < -0.3 is 28.1 Å². The third kappa shape index (κ3) is 8.68. The van der Waals surface area contributed by atoms with Crippen molar-refractivity contribution >= 4 is 28.8 Å². The van der Waals surface area contributed by atoms with Crippen LogP contribution in [0.3, 0.4) is 0 Å². The zero-order chi connectivity index (χ0) is 34.0. The second kappa shape index (κ2) is 16.8. The van der Waals surface area contributed by atoms with Crippen molar-refractivity contribution in [1.29, 1.82) is 0 Å². The van der Waals surface area contributed by atoms with Crippen molar-refractivity contribution in [2.24, 2.45) is 0 Å². The summed E-state index contributed by atoms with van der Waals surface area (Å²) >= 11 is 1.24. The van der Waals surface area contributed by atoms with Crippen LogP contribution in [-0.2, 0) is 43.5 Å². The molecule has 0 radical (unpaired) electrons. The number of nitrogens with zero attached hydrogens (tertiary/aromatic N) is 1. The SMILES string of the molecule is O=C(O[C@@H]1[C@@H](OCc2ccccc2)[C@H](OCc2ccccc2)[C@@H](COCc2ccccc2)O[C@H]1Sc1nc2ccccc2o1)c1ccccc1. The molecular weight excluding hydrogens is 651 g/mol. The molecule has 9 heteroatoms. The number of benzene rings is 5. The molecule has 0 amide bonds. The summed E-state index contributed by atoms with van der Waals surface area (Å²) in [6.07, 6.45) is -2.95. The molecule has 254 valence electrons. The zero-order valence-electron chi connectivity index (χ0n) is 27.3. The van der Waals surface area contributed by atoms with Crippen LogP contribution < -0.4 is 0 Å². The average Bonchev–Trinajstić information content (AvgIpc) is 3.58. The van der Waals surface area contributed by atoms with E-state index >= 15 is 0 Å². The number of ether oxygens (including phenoxy) is 5. The first-order chi connectivity index (χ1) is 24.7. The van der Waals surface area contributed by atoms with Crippen LogP contribution in [0.5, 0.6) is 0 Å². The van der Waals surface area contributed by atoms with Crippen LogP contribution >= 0.6 is 11.8 Å². The molecule has 5 atom stereocenters. The third-order valence-electron chi connectivity index (χ3n) is 8.30. The van der Waals surface area contributed by atoms with Gasteiger partial charge in [0, 0.05) is 0 Å². The molecule has 0 aliphatic carbocycles. The summed E-state index contributed by atoms with van der Waals surface area (Å²) in [5.74, 6) is -0.503. The van der Waals surface area contributed by atoms with Crippen molar-refractivity contribution in [3.63, 3.8) is 0 Å². The number of fused-ring (bicyclic) bond motifs is 1. The lowest BCUT2D eigenvalue weighted by Gasteiger charge is -2.45. The highest BCUT2D eigenvalue weighted by atomic mass is 32.2. The summed E-state index contributed by atoms with van der Waals surface area (Å²) < 4.78 is 38.9. The second-order valence-corrected chi connectivity index (χ2v) is 12.9. The van der Waals surface area contributed by atoms with Crippen LogP contribution in [0.4, 0.5) is 0 Å². The number of oxazole rings is 1. The topological polar surface area (TPSA) is 89.3 Å². The minimum Gasteiger partial charge on any atom is -0.452 e. The number of carbonyl (C=O) groups excluding carboxylic acids is 1. The van der Waals surface area contributed by atoms with E-state index in [2.05, 4.69) is 0 Å². The van der Waals surface area contributed by atoms with E-state index in [1.165, 1.54) is 11.8 Å². The van der Waals surface area contributed by atoms with Gasteiger partial charge in [0.15, 0.2) is 17.1 Å². The largest absolute Gasteiger partial charge is 0.452 e. The second-order valence-electron chi connectivity index (χ2n) is 11.9. The van der Waals surface area contributed by atoms with Crippen molar-refractivity contribution < 1.29 is 32.9 Å². The number of hydrogen-bond acceptors (Lipinski definition) is 9. The summed E-state index contributed by atoms with van der Waals surface area (Å²) in [6, 6.07) is 46.2. The van der Waals surface area contributed by atoms with Gasteiger partial charge in [-0.2, -0.15) is 0 Å². The molecule has 5 aromatic carbocycles. The first-order valence-corrected chi connectivity index (χ1v) is 17.4. The zero-order valence-corrected chi connectivity index (χ0v) is 28.1. The molecule has 1 fully saturated rings. The molecule has 1 aromatic heterocycles. The molecule has 0 spiro atoms. The van der Waals surface area contributed by atoms with Gasteiger partial charge in [-0.15, -0.1) is 0 Å². The first kappa shape index (κ1) is 33.7. The van der Waals surface area contributed by atoms with E-state index in [0.29, 0.717) is 28.5 Å². The molecular formula is C41H37NO7S. The van der Waals surface area contributed by atoms with E-state index in [1.54, 1.807) is 24.3 Å². The number of esters is 1. The monoisotopic (exact) mass is 687 g/mol. The Hall–Kier alpha value is -4.77. The highest BCUT2D eigenvalue weighted by Crippen LogP contribution is 2.39. The van der Waals surface area contributed by atoms with Crippen LogP contribution in [0, 0.1) is 0 Å². The standard InChI is InChI=1S/C41H37NO7S/c43-39(32-21-11-4-12-22-32)49-38-37(46-27-31-19-9-3-10-20-31)36(45-26-30-17-7-2-8-18-30)35(28-44-25-29-15-5-1-6-16-29)47-40(38)50-41-42-33-23-13-14-24-34(33)48-41/h1-24,35-38,40H,25-28H2/t35-,36-,37+,38-,40+/m1/s1. The summed E-state index contributed by atoms with van der Waals surface area (Å²) in [6.45, 7) is 1.13. The smallest absolute Gasteiger partial charge is 0.338 e. The highest BCUT2D eigenvalue weighted by Gasteiger charge is 2.50. The Morgan fingerprint density at radius 2 is 1.16 bits per heavy atom. The summed E-state index contributed by atoms with van der Waals surface area (Å²) in [5, 5.41) is 0.381. The highest BCUT2D eigenvalue weighted by molar-refractivity contribution is 7.99. The molecule has 7 rings (SSSR count). The number of rotatable bonds is 14. The molecule has 1 aliphatic heterocycles. The van der Waals surface area contributed by atoms with E-state index in [4.69, 9.17) is 33.1 Å². The van der Waals surface area contributed by atoms with Gasteiger partial charge in [0.2, 0.25) is 0 Å². The molecule has 0 unspecified atom stereocenters. The Morgan fingerprint density at radius 3 is 1.78 bits per heavy atom. The van der Waals surface area contributed by atoms with E-state index in [-0.39, 0.29) is 19.8 Å². The van der Waals surface area contributed by atoms with Crippen molar-refractivity contribution in [2.75, 3.05) is 6.61 Å². The van der Waals surface area contributed by atoms with Gasteiger partial charge in [-0.25, -0.2) is 9.78 Å². The maximum absolute atomic E-state index is 13.7. The normalized spacial score (nSPS) is 20.4. The van der Waals surface area contributed by atoms with Crippen molar-refractivity contribution in [3.05, 3.63) is 168 Å². The van der Waals surface area contributed by atoms with Crippen molar-refractivity contribution in [2.45, 2.75) is 54.9 Å². The van der Waals surface area contributed by atoms with Crippen LogP contribution in [0.15, 0.2) is 155 Å². The molecule has 50 heavy (non-hydrogen) atoms. The lowest BCUT2D eigenvalue weighted by atomic mass is 9.98. The minimum absolute atomic E-state index is 0.198. The Kier molecular flexibility index (Phi) is 11.3. The lowest BCUT2D eigenvalue weighted by molar-refractivity contribution is -0.242. The Bertz CT molecular complexity index is 1890. The molecule has 8 nitrogen and oxygen atoms in total. The summed E-state index contributed by atoms with van der Waals surface area (Å²) in [5.41, 5.74) is 3.98. The number of thioether (sulfide) groups is 1. The quantitative estimate of drug-likeness (QED) is 0.105. The molecule has 1 saturated heterocycles. The maximum Gasteiger partial charge on any atom is 0.338 e. The minimum atomic E-state index is -0.919. The van der Waals surface area contributed by atoms with Gasteiger partial charge in [0.1, 0.15) is 23.8 Å². The lowest BCUT2D eigenvalue weighted by Crippen LogP contribution is -2.60. The fourth-order valence-electron chi connectivity index (χ4n) is 5.79. The van der Waals surface area contributed by atoms with Crippen molar-refractivity contribution in [1.82, 2.24) is 4.98 Å². The maximum atomic E-state index is 13.7. The fraction of sp³-hybridized carbons (Fsp3) is 0.220. The van der Waals surface area contributed by atoms with Crippen LogP contribution in [0.2, 0.25) is 0 Å². The molecule has 0 N–H and O–H groups in total. The number of aromatic nitrogens is 1. The summed E-state index contributed by atoms with van der Waals surface area (Å²) in [7, 11) is 0. The Morgan fingerprint density at radius 1 is 0.620 bits per heavy atom. The van der Waals surface area contributed by atoms with Gasteiger partial charge in [-0.1, -0.05) is 121 Å². The molecule has 2 heterocycles. The van der Waals surface area contributed by atoms with Crippen molar-refractivity contribution in [3.8, 4) is 0 Å². The third-order valence-corrected chi connectivity index (χ3v) is 9.29. The Balaban J connectivity index is 1.24. The number of carbonyl (C=O) groups is 1. The molecule has 0 bridgehead atoms. The van der Waals surface area contributed by atoms with Crippen LogP contribution in [0.1, 0.15) is 27.0 Å². The van der Waals surface area contributed by atoms with Gasteiger partial charge in [-0.3, -0.25) is 0 Å². The fourth-order valence-corrected chi connectivity index (χ4v) is 6.82. The molecule has 6 aromatic rings. The van der Waals surface area contributed by atoms with E-state index in [1.807, 2.05) is 121 Å². The molecule has 0 saturated carbocycles. The summed E-state index contributed by atoms with van der Waals surface area (Å²) in [4.78, 5) is 18.4. The van der Waals surface area contributed by atoms with E-state index in [0.717, 1.165) is 16.7 Å². The molecule has 1 aliphatic rings. The average molecular weight is 688 g/mol. The van der Waals surface area contributed by atoms with Gasteiger partial charge >= 0.3 is 5.97 Å². The van der Waals surface area contributed by atoms with Gasteiger partial charge in [-0.05, 0) is 52.7 Å². The number of para-hydroxylation sites is 2. The van der Waals surface area contributed by atoms with Gasteiger partial charge in [0.25, 0.3) is 5.22 Å². The number of hydrogen-bond donors (Lipinski definition) is 0.